The van der Waals surface area contributed by atoms with E-state index in [1.807, 2.05) is 0 Å². The Morgan fingerprint density at radius 2 is 1.65 bits per heavy atom. The molecule has 0 fully saturated rings. The van der Waals surface area contributed by atoms with Crippen molar-refractivity contribution in [1.29, 1.82) is 0 Å². The maximum atomic E-state index is 11.3. The molecule has 0 aromatic carbocycles. The van der Waals surface area contributed by atoms with Crippen LogP contribution >= 0.6 is 0 Å². The highest BCUT2D eigenvalue weighted by atomic mass is 16.5. The van der Waals surface area contributed by atoms with Crippen molar-refractivity contribution in [2.75, 3.05) is 13.7 Å². The van der Waals surface area contributed by atoms with Crippen molar-refractivity contribution in [2.24, 2.45) is 0 Å². The van der Waals surface area contributed by atoms with Crippen LogP contribution in [-0.4, -0.2) is 25.5 Å². The van der Waals surface area contributed by atoms with Crippen molar-refractivity contribution in [3.63, 3.8) is 0 Å². The van der Waals surface area contributed by atoms with Gasteiger partial charge in [-0.1, -0.05) is 39.0 Å². The van der Waals surface area contributed by atoms with Gasteiger partial charge in [0.2, 0.25) is 5.91 Å². The van der Waals surface area contributed by atoms with Crippen molar-refractivity contribution in [3.05, 3.63) is 0 Å². The van der Waals surface area contributed by atoms with Crippen LogP contribution < -0.4 is 5.32 Å². The molecule has 0 aliphatic heterocycles. The lowest BCUT2D eigenvalue weighted by atomic mass is 10.1. The van der Waals surface area contributed by atoms with E-state index in [9.17, 15) is 9.59 Å². The maximum Gasteiger partial charge on any atom is 0.306 e. The second-order valence-electron chi connectivity index (χ2n) is 4.19. The molecule has 0 saturated carbocycles. The summed E-state index contributed by atoms with van der Waals surface area (Å²) in [4.78, 5) is 22.1. The number of methoxy groups -OCH3 is 1. The van der Waals surface area contributed by atoms with Crippen molar-refractivity contribution in [3.8, 4) is 0 Å². The second kappa shape index (κ2) is 11.4. The zero-order valence-corrected chi connectivity index (χ0v) is 11.1. The lowest BCUT2D eigenvalue weighted by molar-refractivity contribution is -0.142. The highest BCUT2D eigenvalue weighted by Crippen LogP contribution is 2.04. The number of esters is 1. The smallest absolute Gasteiger partial charge is 0.306 e. The van der Waals surface area contributed by atoms with Crippen molar-refractivity contribution in [2.45, 2.75) is 58.3 Å². The minimum absolute atomic E-state index is 0.0658. The van der Waals surface area contributed by atoms with Gasteiger partial charge < -0.3 is 10.1 Å². The SMILES string of the molecule is CCCCCCCCNC(=O)CCC(=O)OC. The van der Waals surface area contributed by atoms with Gasteiger partial charge in [0, 0.05) is 13.0 Å². The highest BCUT2D eigenvalue weighted by molar-refractivity contribution is 5.81. The van der Waals surface area contributed by atoms with E-state index in [1.54, 1.807) is 0 Å². The molecular weight excluding hydrogens is 218 g/mol. The zero-order chi connectivity index (χ0) is 12.9. The van der Waals surface area contributed by atoms with Crippen LogP contribution in [0.2, 0.25) is 0 Å². The van der Waals surface area contributed by atoms with Crippen LogP contribution in [0.15, 0.2) is 0 Å². The molecule has 0 bridgehead atoms. The van der Waals surface area contributed by atoms with Gasteiger partial charge in [-0.2, -0.15) is 0 Å². The zero-order valence-electron chi connectivity index (χ0n) is 11.1. The molecule has 4 nitrogen and oxygen atoms in total. The Labute approximate surface area is 104 Å². The molecule has 0 radical (unpaired) electrons. The summed E-state index contributed by atoms with van der Waals surface area (Å²) in [6.07, 6.45) is 7.65. The van der Waals surface area contributed by atoms with E-state index in [0.717, 1.165) is 12.8 Å². The van der Waals surface area contributed by atoms with E-state index in [-0.39, 0.29) is 24.7 Å². The summed E-state index contributed by atoms with van der Waals surface area (Å²) >= 11 is 0. The predicted molar refractivity (Wildman–Crippen MR) is 67.6 cm³/mol. The molecule has 0 aromatic rings. The van der Waals surface area contributed by atoms with Gasteiger partial charge in [-0.15, -0.1) is 0 Å². The molecule has 1 N–H and O–H groups in total. The molecule has 17 heavy (non-hydrogen) atoms. The molecular formula is C13H25NO3. The number of carbonyl (C=O) groups is 2. The van der Waals surface area contributed by atoms with Crippen LogP contribution in [0.1, 0.15) is 58.3 Å². The first-order valence-electron chi connectivity index (χ1n) is 6.54. The van der Waals surface area contributed by atoms with Crippen LogP contribution in [0.5, 0.6) is 0 Å². The molecule has 0 aromatic heterocycles. The topological polar surface area (TPSA) is 55.4 Å². The van der Waals surface area contributed by atoms with Crippen LogP contribution in [0.25, 0.3) is 0 Å². The van der Waals surface area contributed by atoms with Gasteiger partial charge in [0.05, 0.1) is 13.5 Å². The Morgan fingerprint density at radius 1 is 1.00 bits per heavy atom. The molecule has 100 valence electrons. The molecule has 0 spiro atoms. The molecule has 0 unspecified atom stereocenters. The van der Waals surface area contributed by atoms with Crippen LogP contribution in [0.3, 0.4) is 0 Å². The average Bonchev–Trinajstić information content (AvgIpc) is 2.34. The first-order valence-corrected chi connectivity index (χ1v) is 6.54. The Kier molecular flexibility index (Phi) is 10.7. The lowest BCUT2D eigenvalue weighted by Gasteiger charge is -2.04. The summed E-state index contributed by atoms with van der Waals surface area (Å²) in [5.41, 5.74) is 0. The standard InChI is InChI=1S/C13H25NO3/c1-3-4-5-6-7-8-11-14-12(15)9-10-13(16)17-2/h3-11H2,1-2H3,(H,14,15). The van der Waals surface area contributed by atoms with Crippen molar-refractivity contribution in [1.82, 2.24) is 5.32 Å². The van der Waals surface area contributed by atoms with Gasteiger partial charge in [-0.25, -0.2) is 0 Å². The van der Waals surface area contributed by atoms with Gasteiger partial charge in [0.1, 0.15) is 0 Å². The molecule has 0 saturated heterocycles. The normalized spacial score (nSPS) is 10.0. The number of hydrogen-bond donors (Lipinski definition) is 1. The second-order valence-corrected chi connectivity index (χ2v) is 4.19. The Morgan fingerprint density at radius 3 is 2.29 bits per heavy atom. The van der Waals surface area contributed by atoms with Gasteiger partial charge >= 0.3 is 5.97 Å². The van der Waals surface area contributed by atoms with Crippen molar-refractivity contribution >= 4 is 11.9 Å². The van der Waals surface area contributed by atoms with E-state index in [0.29, 0.717) is 6.54 Å². The Hall–Kier alpha value is -1.06. The number of carbonyl (C=O) groups excluding carboxylic acids is 2. The van der Waals surface area contributed by atoms with E-state index in [4.69, 9.17) is 0 Å². The highest BCUT2D eigenvalue weighted by Gasteiger charge is 2.05. The molecule has 0 atom stereocenters. The fourth-order valence-electron chi connectivity index (χ4n) is 1.54. The predicted octanol–water partition coefficient (Wildman–Crippen LogP) is 2.42. The number of ether oxygens (including phenoxy) is 1. The van der Waals surface area contributed by atoms with E-state index in [2.05, 4.69) is 17.0 Å². The number of hydrogen-bond acceptors (Lipinski definition) is 3. The third-order valence-corrected chi connectivity index (χ3v) is 2.64. The van der Waals surface area contributed by atoms with Gasteiger partial charge in [0.25, 0.3) is 0 Å². The first kappa shape index (κ1) is 15.9. The summed E-state index contributed by atoms with van der Waals surface area (Å²) in [6.45, 7) is 2.91. The summed E-state index contributed by atoms with van der Waals surface area (Å²) in [6, 6.07) is 0. The molecule has 0 aliphatic rings. The fraction of sp³-hybridized carbons (Fsp3) is 0.846. The van der Waals surface area contributed by atoms with E-state index < -0.39 is 0 Å². The fourth-order valence-corrected chi connectivity index (χ4v) is 1.54. The molecule has 0 heterocycles. The third-order valence-electron chi connectivity index (χ3n) is 2.64. The van der Waals surface area contributed by atoms with Crippen molar-refractivity contribution < 1.29 is 14.3 Å². The van der Waals surface area contributed by atoms with E-state index in [1.165, 1.54) is 32.8 Å². The third kappa shape index (κ3) is 11.2. The summed E-state index contributed by atoms with van der Waals surface area (Å²) < 4.78 is 4.46. The largest absolute Gasteiger partial charge is 0.469 e. The Bertz CT molecular complexity index is 217. The monoisotopic (exact) mass is 243 g/mol. The minimum atomic E-state index is -0.334. The number of nitrogens with one attached hydrogen (secondary N) is 1. The lowest BCUT2D eigenvalue weighted by Crippen LogP contribution is -2.24. The molecule has 0 aliphatic carbocycles. The quantitative estimate of drug-likeness (QED) is 0.473. The number of amides is 1. The van der Waals surface area contributed by atoms with Gasteiger partial charge in [-0.3, -0.25) is 9.59 Å². The van der Waals surface area contributed by atoms with Crippen LogP contribution in [0, 0.1) is 0 Å². The average molecular weight is 243 g/mol. The van der Waals surface area contributed by atoms with Gasteiger partial charge in [0.15, 0.2) is 0 Å². The molecule has 1 amide bonds. The summed E-state index contributed by atoms with van der Waals surface area (Å²) in [5.74, 6) is -0.399. The summed E-state index contributed by atoms with van der Waals surface area (Å²) in [7, 11) is 1.33. The van der Waals surface area contributed by atoms with Gasteiger partial charge in [-0.05, 0) is 6.42 Å². The molecule has 0 rings (SSSR count). The van der Waals surface area contributed by atoms with E-state index >= 15 is 0 Å². The maximum absolute atomic E-state index is 11.3. The molecule has 4 heteroatoms. The summed E-state index contributed by atoms with van der Waals surface area (Å²) in [5, 5.41) is 2.81. The van der Waals surface area contributed by atoms with Crippen LogP contribution in [-0.2, 0) is 14.3 Å². The Balaban J connectivity index is 3.25. The minimum Gasteiger partial charge on any atom is -0.469 e. The van der Waals surface area contributed by atoms with Crippen LogP contribution in [0.4, 0.5) is 0 Å². The number of rotatable bonds is 10. The number of unbranched alkanes of at least 4 members (excludes halogenated alkanes) is 5. The first-order chi connectivity index (χ1) is 8.20.